The van der Waals surface area contributed by atoms with E-state index in [0.717, 1.165) is 0 Å². The quantitative estimate of drug-likeness (QED) is 0.940. The van der Waals surface area contributed by atoms with Crippen molar-refractivity contribution in [1.82, 2.24) is 4.72 Å². The Morgan fingerprint density at radius 2 is 1.65 bits per heavy atom. The fraction of sp³-hybridized carbons (Fsp3) is 0. The molecule has 2 rings (SSSR count). The van der Waals surface area contributed by atoms with Crippen molar-refractivity contribution >= 4 is 39.1 Å². The Labute approximate surface area is 126 Å². The lowest BCUT2D eigenvalue weighted by molar-refractivity contribution is 0.0981. The largest absolute Gasteiger partial charge is 0.268 e. The van der Waals surface area contributed by atoms with Gasteiger partial charge in [0.2, 0.25) is 0 Å². The lowest BCUT2D eigenvalue weighted by Crippen LogP contribution is -2.30. The van der Waals surface area contributed by atoms with E-state index < -0.39 is 15.9 Å². The topological polar surface area (TPSA) is 63.2 Å². The number of amides is 1. The van der Waals surface area contributed by atoms with Crippen LogP contribution in [0.2, 0.25) is 10.0 Å². The first-order chi connectivity index (χ1) is 9.40. The highest BCUT2D eigenvalue weighted by atomic mass is 35.5. The van der Waals surface area contributed by atoms with Gasteiger partial charge in [-0.15, -0.1) is 0 Å². The smallest absolute Gasteiger partial charge is 0.265 e. The summed E-state index contributed by atoms with van der Waals surface area (Å²) in [6, 6.07) is 12.0. The van der Waals surface area contributed by atoms with Gasteiger partial charge in [-0.2, -0.15) is 0 Å². The predicted molar refractivity (Wildman–Crippen MR) is 77.6 cm³/mol. The maximum absolute atomic E-state index is 12.1. The molecule has 0 saturated carbocycles. The molecule has 2 aromatic rings. The Morgan fingerprint density at radius 3 is 2.30 bits per heavy atom. The van der Waals surface area contributed by atoms with Crippen molar-refractivity contribution in [3.05, 3.63) is 64.1 Å². The Kier molecular flexibility index (Phi) is 4.32. The van der Waals surface area contributed by atoms with E-state index in [9.17, 15) is 13.2 Å². The van der Waals surface area contributed by atoms with Gasteiger partial charge < -0.3 is 0 Å². The van der Waals surface area contributed by atoms with Crippen LogP contribution in [0.25, 0.3) is 0 Å². The number of rotatable bonds is 3. The van der Waals surface area contributed by atoms with Crippen molar-refractivity contribution in [1.29, 1.82) is 0 Å². The Bertz CT molecular complexity index is 745. The summed E-state index contributed by atoms with van der Waals surface area (Å²) in [4.78, 5) is 11.6. The molecular formula is C13H9Cl2NO3S. The first-order valence-corrected chi connectivity index (χ1v) is 7.71. The molecule has 0 bridgehead atoms. The second kappa shape index (κ2) is 5.83. The zero-order valence-electron chi connectivity index (χ0n) is 10.0. The summed E-state index contributed by atoms with van der Waals surface area (Å²) in [6.45, 7) is 0. The number of halogens is 2. The van der Waals surface area contributed by atoms with Crippen molar-refractivity contribution in [3.8, 4) is 0 Å². The van der Waals surface area contributed by atoms with Crippen molar-refractivity contribution in [2.24, 2.45) is 0 Å². The molecule has 0 aromatic heterocycles. The van der Waals surface area contributed by atoms with E-state index in [4.69, 9.17) is 23.2 Å². The molecule has 20 heavy (non-hydrogen) atoms. The number of carbonyl (C=O) groups is 1. The van der Waals surface area contributed by atoms with Gasteiger partial charge in [-0.25, -0.2) is 13.1 Å². The van der Waals surface area contributed by atoms with Crippen LogP contribution in [0.15, 0.2) is 53.4 Å². The Morgan fingerprint density at radius 1 is 1.00 bits per heavy atom. The molecule has 104 valence electrons. The molecule has 0 radical (unpaired) electrons. The number of sulfonamides is 1. The average Bonchev–Trinajstić information content (AvgIpc) is 2.42. The minimum absolute atomic E-state index is 0.0113. The van der Waals surface area contributed by atoms with Gasteiger partial charge in [0, 0.05) is 10.6 Å². The molecule has 1 amide bonds. The zero-order chi connectivity index (χ0) is 14.8. The molecule has 0 aliphatic heterocycles. The van der Waals surface area contributed by atoms with Crippen LogP contribution in [0.5, 0.6) is 0 Å². The Balaban J connectivity index is 2.33. The zero-order valence-corrected chi connectivity index (χ0v) is 12.3. The molecule has 1 N–H and O–H groups in total. The standard InChI is InChI=1S/C13H9Cl2NO3S/c14-10-6-7-11(15)12(8-10)20(18,19)16-13(17)9-4-2-1-3-5-9/h1-8H,(H,16,17). The second-order valence-electron chi connectivity index (χ2n) is 3.88. The molecule has 0 heterocycles. The fourth-order valence-corrected chi connectivity index (χ4v) is 3.25. The number of carbonyl (C=O) groups excluding carboxylic acids is 1. The molecule has 0 spiro atoms. The normalized spacial score (nSPS) is 11.1. The summed E-state index contributed by atoms with van der Waals surface area (Å²) in [5, 5.41) is 0.199. The van der Waals surface area contributed by atoms with Crippen LogP contribution in [0.4, 0.5) is 0 Å². The molecule has 0 atom stereocenters. The summed E-state index contributed by atoms with van der Waals surface area (Å²) in [6.07, 6.45) is 0. The van der Waals surface area contributed by atoms with Gasteiger partial charge in [0.05, 0.1) is 5.02 Å². The van der Waals surface area contributed by atoms with Crippen LogP contribution in [-0.2, 0) is 10.0 Å². The van der Waals surface area contributed by atoms with Gasteiger partial charge in [0.1, 0.15) is 4.90 Å². The maximum Gasteiger partial charge on any atom is 0.265 e. The predicted octanol–water partition coefficient (Wildman–Crippen LogP) is 3.11. The van der Waals surface area contributed by atoms with E-state index in [2.05, 4.69) is 0 Å². The minimum Gasteiger partial charge on any atom is -0.268 e. The third-order valence-corrected chi connectivity index (χ3v) is 4.49. The van der Waals surface area contributed by atoms with Gasteiger partial charge in [-0.3, -0.25) is 4.79 Å². The summed E-state index contributed by atoms with van der Waals surface area (Å²) < 4.78 is 26.2. The number of hydrogen-bond donors (Lipinski definition) is 1. The fourth-order valence-electron chi connectivity index (χ4n) is 1.51. The molecule has 0 fully saturated rings. The number of benzene rings is 2. The SMILES string of the molecule is O=C(NS(=O)(=O)c1cc(Cl)ccc1Cl)c1ccccc1. The van der Waals surface area contributed by atoms with E-state index in [1.165, 1.54) is 30.3 Å². The van der Waals surface area contributed by atoms with Gasteiger partial charge in [-0.1, -0.05) is 41.4 Å². The van der Waals surface area contributed by atoms with Crippen molar-refractivity contribution in [3.63, 3.8) is 0 Å². The van der Waals surface area contributed by atoms with Crippen molar-refractivity contribution in [2.75, 3.05) is 0 Å². The monoisotopic (exact) mass is 329 g/mol. The first-order valence-electron chi connectivity index (χ1n) is 5.47. The van der Waals surface area contributed by atoms with Crippen LogP contribution >= 0.6 is 23.2 Å². The molecule has 7 heteroatoms. The van der Waals surface area contributed by atoms with Crippen LogP contribution in [0.1, 0.15) is 10.4 Å². The third kappa shape index (κ3) is 3.30. The summed E-state index contributed by atoms with van der Waals surface area (Å²) in [5.41, 5.74) is 0.231. The summed E-state index contributed by atoms with van der Waals surface area (Å²) >= 11 is 11.6. The highest BCUT2D eigenvalue weighted by Crippen LogP contribution is 2.24. The molecule has 0 aliphatic rings. The van der Waals surface area contributed by atoms with Crippen LogP contribution in [0, 0.1) is 0 Å². The molecule has 0 saturated heterocycles. The highest BCUT2D eigenvalue weighted by molar-refractivity contribution is 7.90. The van der Waals surface area contributed by atoms with E-state index in [1.54, 1.807) is 18.2 Å². The van der Waals surface area contributed by atoms with E-state index in [0.29, 0.717) is 0 Å². The lowest BCUT2D eigenvalue weighted by atomic mass is 10.2. The lowest BCUT2D eigenvalue weighted by Gasteiger charge is -2.08. The van der Waals surface area contributed by atoms with E-state index in [1.807, 2.05) is 4.72 Å². The second-order valence-corrected chi connectivity index (χ2v) is 6.37. The molecule has 2 aromatic carbocycles. The van der Waals surface area contributed by atoms with Gasteiger partial charge in [0.15, 0.2) is 0 Å². The van der Waals surface area contributed by atoms with Crippen LogP contribution in [0.3, 0.4) is 0 Å². The molecule has 0 aliphatic carbocycles. The number of nitrogens with one attached hydrogen (secondary N) is 1. The minimum atomic E-state index is -4.08. The van der Waals surface area contributed by atoms with Gasteiger partial charge >= 0.3 is 0 Å². The first kappa shape index (κ1) is 14.8. The van der Waals surface area contributed by atoms with Crippen molar-refractivity contribution < 1.29 is 13.2 Å². The highest BCUT2D eigenvalue weighted by Gasteiger charge is 2.21. The van der Waals surface area contributed by atoms with E-state index >= 15 is 0 Å². The Hall–Kier alpha value is -1.56. The molecule has 4 nitrogen and oxygen atoms in total. The van der Waals surface area contributed by atoms with E-state index in [-0.39, 0.29) is 20.5 Å². The third-order valence-electron chi connectivity index (χ3n) is 2.45. The number of hydrogen-bond acceptors (Lipinski definition) is 3. The molecular weight excluding hydrogens is 321 g/mol. The van der Waals surface area contributed by atoms with Gasteiger partial charge in [0.25, 0.3) is 15.9 Å². The summed E-state index contributed by atoms with van der Waals surface area (Å²) in [5.74, 6) is -0.735. The van der Waals surface area contributed by atoms with Crippen LogP contribution in [-0.4, -0.2) is 14.3 Å². The van der Waals surface area contributed by atoms with Gasteiger partial charge in [-0.05, 0) is 30.3 Å². The summed E-state index contributed by atoms with van der Waals surface area (Å²) in [7, 11) is -4.08. The van der Waals surface area contributed by atoms with Crippen LogP contribution < -0.4 is 4.72 Å². The molecule has 0 unspecified atom stereocenters. The maximum atomic E-state index is 12.1. The van der Waals surface area contributed by atoms with Crippen molar-refractivity contribution in [2.45, 2.75) is 4.90 Å². The average molecular weight is 330 g/mol.